The molecule has 12 heteroatoms. The first kappa shape index (κ1) is 26.7. The number of carboxylic acid groups (broad SMARTS) is 1. The molecule has 0 fully saturated rings. The predicted molar refractivity (Wildman–Crippen MR) is 128 cm³/mol. The van der Waals surface area contributed by atoms with Gasteiger partial charge in [-0.25, -0.2) is 9.59 Å². The summed E-state index contributed by atoms with van der Waals surface area (Å²) in [7, 11) is 1.25. The van der Waals surface area contributed by atoms with Crippen LogP contribution < -0.4 is 16.0 Å². The number of allylic oxidation sites excluding steroid dienone is 1. The largest absolute Gasteiger partial charge is 0.505 e. The Hall–Kier alpha value is -3.57. The fourth-order valence-electron chi connectivity index (χ4n) is 3.07. The molecule has 1 aliphatic rings. The van der Waals surface area contributed by atoms with Crippen molar-refractivity contribution < 1.29 is 34.1 Å². The minimum atomic E-state index is -0.849. The summed E-state index contributed by atoms with van der Waals surface area (Å²) in [5, 5.41) is 25.3. The Morgan fingerprint density at radius 2 is 1.82 bits per heavy atom. The zero-order valence-electron chi connectivity index (χ0n) is 18.2. The van der Waals surface area contributed by atoms with Crippen LogP contribution in [0.4, 0.5) is 10.5 Å². The standard InChI is InChI=1S/C20H17BrClN3O5.C2H4O2/c1-9-15(18(27)24-14-6-4-3-5-11(14)19(28)30-2)16(25-20(29)23-9)10-7-12(21)17(26)13(22)8-10;1-2(3)4/h3-8,16,26H,1-2H3,(H,24,27)(H2,23,25,29);1H3,(H,3,4). The second-order valence-electron chi connectivity index (χ2n) is 6.91. The number of para-hydroxylation sites is 1. The van der Waals surface area contributed by atoms with E-state index in [1.54, 1.807) is 31.2 Å². The number of aliphatic carboxylic acids is 1. The average molecular weight is 555 g/mol. The SMILES string of the molecule is CC(=O)O.COC(=O)c1ccccc1NC(=O)C1=C(C)NC(=O)NC1c1cc(Cl)c(O)c(Br)c1. The van der Waals surface area contributed by atoms with E-state index in [4.69, 9.17) is 26.2 Å². The smallest absolute Gasteiger partial charge is 0.339 e. The Balaban J connectivity index is 0.000000945. The van der Waals surface area contributed by atoms with Gasteiger partial charge in [-0.1, -0.05) is 23.7 Å². The molecule has 2 aromatic carbocycles. The van der Waals surface area contributed by atoms with Crippen molar-refractivity contribution in [3.63, 3.8) is 0 Å². The molecule has 180 valence electrons. The van der Waals surface area contributed by atoms with E-state index in [0.29, 0.717) is 15.7 Å². The number of hydrogen-bond acceptors (Lipinski definition) is 6. The molecule has 0 saturated heterocycles. The quantitative estimate of drug-likeness (QED) is 0.359. The highest BCUT2D eigenvalue weighted by Crippen LogP contribution is 2.37. The van der Waals surface area contributed by atoms with Crippen molar-refractivity contribution in [1.82, 2.24) is 10.6 Å². The average Bonchev–Trinajstić information content (AvgIpc) is 2.75. The van der Waals surface area contributed by atoms with Gasteiger partial charge in [0.15, 0.2) is 0 Å². The van der Waals surface area contributed by atoms with E-state index in [2.05, 4.69) is 31.9 Å². The lowest BCUT2D eigenvalue weighted by molar-refractivity contribution is -0.134. The third-order valence-electron chi connectivity index (χ3n) is 4.47. The number of nitrogens with one attached hydrogen (secondary N) is 3. The molecule has 0 aromatic heterocycles. The maximum Gasteiger partial charge on any atom is 0.339 e. The summed E-state index contributed by atoms with van der Waals surface area (Å²) in [6.45, 7) is 2.67. The fraction of sp³-hybridized carbons (Fsp3) is 0.182. The van der Waals surface area contributed by atoms with Crippen LogP contribution in [0.5, 0.6) is 5.75 Å². The minimum Gasteiger partial charge on any atom is -0.505 e. The van der Waals surface area contributed by atoms with E-state index in [1.807, 2.05) is 0 Å². The number of carbonyl (C=O) groups excluding carboxylic acids is 3. The van der Waals surface area contributed by atoms with Crippen molar-refractivity contribution in [2.75, 3.05) is 12.4 Å². The highest BCUT2D eigenvalue weighted by molar-refractivity contribution is 9.10. The maximum absolute atomic E-state index is 13.2. The Labute approximate surface area is 208 Å². The lowest BCUT2D eigenvalue weighted by atomic mass is 9.94. The Kier molecular flexibility index (Phi) is 9.04. The zero-order chi connectivity index (χ0) is 25.6. The summed E-state index contributed by atoms with van der Waals surface area (Å²) in [6, 6.07) is 8.08. The van der Waals surface area contributed by atoms with Gasteiger partial charge in [-0.2, -0.15) is 0 Å². The fourth-order valence-corrected chi connectivity index (χ4v) is 3.89. The van der Waals surface area contributed by atoms with Gasteiger partial charge >= 0.3 is 12.0 Å². The number of carbonyl (C=O) groups is 4. The van der Waals surface area contributed by atoms with Crippen molar-refractivity contribution in [3.8, 4) is 5.75 Å². The van der Waals surface area contributed by atoms with E-state index >= 15 is 0 Å². The lowest BCUT2D eigenvalue weighted by Gasteiger charge is -2.29. The van der Waals surface area contributed by atoms with E-state index in [1.165, 1.54) is 19.2 Å². The molecule has 0 saturated carbocycles. The topological polar surface area (TPSA) is 154 Å². The summed E-state index contributed by atoms with van der Waals surface area (Å²) < 4.78 is 5.06. The van der Waals surface area contributed by atoms with Crippen molar-refractivity contribution in [2.24, 2.45) is 0 Å². The Bertz CT molecular complexity index is 1160. The predicted octanol–water partition coefficient (Wildman–Crippen LogP) is 3.95. The van der Waals surface area contributed by atoms with Gasteiger partial charge in [0, 0.05) is 12.6 Å². The molecule has 0 radical (unpaired) electrons. The molecule has 34 heavy (non-hydrogen) atoms. The molecule has 1 unspecified atom stereocenters. The second-order valence-corrected chi connectivity index (χ2v) is 8.18. The number of urea groups is 1. The van der Waals surface area contributed by atoms with Crippen LogP contribution in [0.25, 0.3) is 0 Å². The number of ether oxygens (including phenoxy) is 1. The van der Waals surface area contributed by atoms with Gasteiger partial charge in [-0.3, -0.25) is 9.59 Å². The van der Waals surface area contributed by atoms with Crippen LogP contribution >= 0.6 is 27.5 Å². The van der Waals surface area contributed by atoms with Gasteiger partial charge in [0.2, 0.25) is 0 Å². The summed E-state index contributed by atoms with van der Waals surface area (Å²) in [4.78, 5) is 46.2. The zero-order valence-corrected chi connectivity index (χ0v) is 20.6. The molecular formula is C22H21BrClN3O7. The second kappa shape index (κ2) is 11.5. The number of methoxy groups -OCH3 is 1. The molecule has 10 nitrogen and oxygen atoms in total. The van der Waals surface area contributed by atoms with Crippen LogP contribution in [-0.2, 0) is 14.3 Å². The van der Waals surface area contributed by atoms with Crippen molar-refractivity contribution in [3.05, 3.63) is 68.3 Å². The summed E-state index contributed by atoms with van der Waals surface area (Å²) in [5.74, 6) is -2.13. The molecule has 3 amide bonds. The van der Waals surface area contributed by atoms with Gasteiger partial charge in [-0.05, 0) is 52.7 Å². The van der Waals surface area contributed by atoms with E-state index in [0.717, 1.165) is 6.92 Å². The van der Waals surface area contributed by atoms with Gasteiger partial charge in [0.05, 0.1) is 39.5 Å². The number of phenolic OH excluding ortho intramolecular Hbond substituents is 1. The minimum absolute atomic E-state index is 0.0561. The number of carboxylic acids is 1. The number of amides is 3. The van der Waals surface area contributed by atoms with E-state index < -0.39 is 29.9 Å². The van der Waals surface area contributed by atoms with Crippen LogP contribution in [0.1, 0.15) is 35.8 Å². The lowest BCUT2D eigenvalue weighted by Crippen LogP contribution is -2.46. The molecule has 5 N–H and O–H groups in total. The van der Waals surface area contributed by atoms with Crippen LogP contribution in [-0.4, -0.2) is 41.2 Å². The number of rotatable bonds is 4. The summed E-state index contributed by atoms with van der Waals surface area (Å²) >= 11 is 9.27. The van der Waals surface area contributed by atoms with Crippen molar-refractivity contribution >= 4 is 57.1 Å². The molecule has 1 atom stereocenters. The monoisotopic (exact) mass is 553 g/mol. The molecule has 1 heterocycles. The number of phenols is 1. The molecular weight excluding hydrogens is 534 g/mol. The number of anilines is 1. The van der Waals surface area contributed by atoms with Crippen LogP contribution in [0.3, 0.4) is 0 Å². The number of halogens is 2. The highest BCUT2D eigenvalue weighted by atomic mass is 79.9. The number of aromatic hydroxyl groups is 1. The van der Waals surface area contributed by atoms with Gasteiger partial charge in [0.1, 0.15) is 5.75 Å². The molecule has 3 rings (SSSR count). The normalized spacial score (nSPS) is 14.7. The number of hydrogen-bond donors (Lipinski definition) is 5. The first-order chi connectivity index (χ1) is 16.0. The molecule has 2 aromatic rings. The van der Waals surface area contributed by atoms with Crippen LogP contribution in [0, 0.1) is 0 Å². The third-order valence-corrected chi connectivity index (χ3v) is 5.36. The maximum atomic E-state index is 13.2. The summed E-state index contributed by atoms with van der Waals surface area (Å²) in [5.41, 5.74) is 1.46. The Morgan fingerprint density at radius 3 is 2.41 bits per heavy atom. The third kappa shape index (κ3) is 6.49. The van der Waals surface area contributed by atoms with E-state index in [-0.39, 0.29) is 27.6 Å². The van der Waals surface area contributed by atoms with Gasteiger partial charge in [0.25, 0.3) is 11.9 Å². The first-order valence-electron chi connectivity index (χ1n) is 9.60. The van der Waals surface area contributed by atoms with Crippen LogP contribution in [0.15, 0.2) is 52.1 Å². The molecule has 0 bridgehead atoms. The first-order valence-corrected chi connectivity index (χ1v) is 10.8. The number of benzene rings is 2. The highest BCUT2D eigenvalue weighted by Gasteiger charge is 2.32. The van der Waals surface area contributed by atoms with Gasteiger partial charge in [-0.15, -0.1) is 0 Å². The van der Waals surface area contributed by atoms with E-state index in [9.17, 15) is 19.5 Å². The van der Waals surface area contributed by atoms with Crippen LogP contribution in [0.2, 0.25) is 5.02 Å². The number of esters is 1. The molecule has 0 aliphatic carbocycles. The van der Waals surface area contributed by atoms with Crippen molar-refractivity contribution in [1.29, 1.82) is 0 Å². The molecule has 0 spiro atoms. The van der Waals surface area contributed by atoms with Gasteiger partial charge < -0.3 is 30.9 Å². The van der Waals surface area contributed by atoms with Crippen molar-refractivity contribution in [2.45, 2.75) is 19.9 Å². The summed E-state index contributed by atoms with van der Waals surface area (Å²) in [6.07, 6.45) is 0. The Morgan fingerprint density at radius 1 is 1.21 bits per heavy atom. The molecule has 1 aliphatic heterocycles.